The Kier molecular flexibility index (Phi) is 8.71. The average molecular weight is 604 g/mol. The molecule has 230 valence electrons. The fraction of sp³-hybridized carbons (Fsp3) is 0.316. The number of nitrogens with zero attached hydrogens (tertiary/aromatic N) is 3. The van der Waals surface area contributed by atoms with Gasteiger partial charge in [0, 0.05) is 13.1 Å². The van der Waals surface area contributed by atoms with Crippen LogP contribution in [0.2, 0.25) is 0 Å². The van der Waals surface area contributed by atoms with Crippen LogP contribution in [0.5, 0.6) is 0 Å². The molecule has 2 aliphatic heterocycles. The fourth-order valence-electron chi connectivity index (χ4n) is 6.71. The van der Waals surface area contributed by atoms with Gasteiger partial charge in [0.1, 0.15) is 24.1 Å². The van der Waals surface area contributed by atoms with Crippen LogP contribution in [0, 0.1) is 24.1 Å². The van der Waals surface area contributed by atoms with Gasteiger partial charge in [-0.15, -0.1) is 0 Å². The lowest BCUT2D eigenvalue weighted by atomic mass is 9.91. The predicted molar refractivity (Wildman–Crippen MR) is 170 cm³/mol. The van der Waals surface area contributed by atoms with Gasteiger partial charge in [-0.3, -0.25) is 0 Å². The molecule has 0 saturated carbocycles. The third-order valence-corrected chi connectivity index (χ3v) is 8.73. The van der Waals surface area contributed by atoms with Gasteiger partial charge in [0.15, 0.2) is 5.79 Å². The van der Waals surface area contributed by atoms with E-state index in [2.05, 4.69) is 30.3 Å². The van der Waals surface area contributed by atoms with E-state index in [9.17, 15) is 9.65 Å². The van der Waals surface area contributed by atoms with Gasteiger partial charge >= 0.3 is 6.03 Å². The van der Waals surface area contributed by atoms with Gasteiger partial charge in [-0.2, -0.15) is 5.26 Å². The number of aryl methyl sites for hydroxylation is 1. The lowest BCUT2D eigenvalue weighted by molar-refractivity contribution is -0.157. The Morgan fingerprint density at radius 2 is 1.24 bits per heavy atom. The molecule has 0 radical (unpaired) electrons. The van der Waals surface area contributed by atoms with Crippen LogP contribution in [0.1, 0.15) is 47.2 Å². The number of halogens is 1. The summed E-state index contributed by atoms with van der Waals surface area (Å²) in [7, 11) is 0. The van der Waals surface area contributed by atoms with Crippen molar-refractivity contribution in [1.82, 2.24) is 9.80 Å². The van der Waals surface area contributed by atoms with Crippen LogP contribution in [-0.2, 0) is 35.4 Å². The second kappa shape index (κ2) is 12.8. The highest BCUT2D eigenvalue weighted by Gasteiger charge is 2.55. The molecule has 0 N–H and O–H groups in total. The maximum Gasteiger partial charge on any atom is 0.321 e. The van der Waals surface area contributed by atoms with Crippen LogP contribution < -0.4 is 0 Å². The number of benzene rings is 4. The molecule has 0 aliphatic carbocycles. The first-order chi connectivity index (χ1) is 21.7. The molecule has 4 atom stereocenters. The quantitative estimate of drug-likeness (QED) is 0.214. The normalized spacial score (nSPS) is 22.5. The monoisotopic (exact) mass is 603 g/mol. The van der Waals surface area contributed by atoms with Crippen LogP contribution >= 0.6 is 0 Å². The summed E-state index contributed by atoms with van der Waals surface area (Å²) in [5.74, 6) is -1.45. The van der Waals surface area contributed by atoms with E-state index in [4.69, 9.17) is 9.47 Å². The molecule has 2 fully saturated rings. The van der Waals surface area contributed by atoms with Crippen molar-refractivity contribution < 1.29 is 18.7 Å². The first-order valence-corrected chi connectivity index (χ1v) is 15.5. The standard InChI is InChI=1S/C38H38FN3O3/c1-26-11-10-16-29(19-26)24-41-33(21-27-12-6-4-7-13-27)35-36(45-38(2,3)44-35)34(22-28-14-8-5-9-15-28)42(37(41)43)25-30-17-18-32(39)31(20-30)23-40/h4-20,33-36H,21-22,24-25H2,1-3H3/t33-,34-,35+,36+/m1/s1. The summed E-state index contributed by atoms with van der Waals surface area (Å²) in [6, 6.07) is 34.0. The van der Waals surface area contributed by atoms with E-state index < -0.39 is 29.9 Å². The summed E-state index contributed by atoms with van der Waals surface area (Å²) in [5, 5.41) is 9.56. The topological polar surface area (TPSA) is 65.8 Å². The summed E-state index contributed by atoms with van der Waals surface area (Å²) < 4.78 is 27.8. The highest BCUT2D eigenvalue weighted by atomic mass is 19.1. The zero-order valence-electron chi connectivity index (χ0n) is 25.9. The zero-order valence-corrected chi connectivity index (χ0v) is 25.9. The minimum atomic E-state index is -0.871. The Morgan fingerprint density at radius 3 is 1.76 bits per heavy atom. The van der Waals surface area contributed by atoms with E-state index in [0.29, 0.717) is 24.9 Å². The SMILES string of the molecule is Cc1cccc(CN2C(=O)N(Cc3ccc(F)c(C#N)c3)[C@H](Cc3ccccc3)[C@@H]3OC(C)(C)O[C@H]3[C@H]2Cc2ccccc2)c1. The van der Waals surface area contributed by atoms with E-state index >= 15 is 4.79 Å². The molecule has 0 spiro atoms. The minimum Gasteiger partial charge on any atom is -0.342 e. The Balaban J connectivity index is 1.50. The van der Waals surface area contributed by atoms with Gasteiger partial charge < -0.3 is 19.3 Å². The Labute approximate surface area is 264 Å². The van der Waals surface area contributed by atoms with Crippen molar-refractivity contribution in [1.29, 1.82) is 5.26 Å². The number of amides is 2. The first-order valence-electron chi connectivity index (χ1n) is 15.5. The van der Waals surface area contributed by atoms with Crippen molar-refractivity contribution in [2.24, 2.45) is 0 Å². The molecule has 45 heavy (non-hydrogen) atoms. The minimum absolute atomic E-state index is 0.0487. The van der Waals surface area contributed by atoms with Crippen LogP contribution in [0.4, 0.5) is 9.18 Å². The molecule has 0 aromatic heterocycles. The van der Waals surface area contributed by atoms with Gasteiger partial charge in [-0.05, 0) is 68.0 Å². The molecule has 0 bridgehead atoms. The molecule has 4 aromatic rings. The fourth-order valence-corrected chi connectivity index (χ4v) is 6.71. The molecule has 6 nitrogen and oxygen atoms in total. The second-order valence-corrected chi connectivity index (χ2v) is 12.5. The molecule has 6 rings (SSSR count). The van der Waals surface area contributed by atoms with Crippen molar-refractivity contribution in [3.05, 3.63) is 142 Å². The van der Waals surface area contributed by atoms with E-state index in [-0.39, 0.29) is 24.2 Å². The first kappa shape index (κ1) is 30.5. The summed E-state index contributed by atoms with van der Waals surface area (Å²) in [6.07, 6.45) is 0.252. The number of hydrogen-bond acceptors (Lipinski definition) is 4. The summed E-state index contributed by atoms with van der Waals surface area (Å²) in [5.41, 5.74) is 4.92. The molecule has 2 heterocycles. The molecule has 4 aromatic carbocycles. The largest absolute Gasteiger partial charge is 0.342 e. The second-order valence-electron chi connectivity index (χ2n) is 12.5. The number of urea groups is 1. The molecule has 2 amide bonds. The van der Waals surface area contributed by atoms with Gasteiger partial charge in [-0.25, -0.2) is 9.18 Å². The van der Waals surface area contributed by atoms with E-state index in [0.717, 1.165) is 22.3 Å². The molecule has 2 aliphatic rings. The predicted octanol–water partition coefficient (Wildman–Crippen LogP) is 7.19. The third-order valence-electron chi connectivity index (χ3n) is 8.73. The highest BCUT2D eigenvalue weighted by Crippen LogP contribution is 2.40. The number of hydrogen-bond donors (Lipinski definition) is 0. The van der Waals surface area contributed by atoms with Crippen molar-refractivity contribution in [2.45, 2.75) is 76.8 Å². The lowest BCUT2D eigenvalue weighted by Crippen LogP contribution is -2.51. The van der Waals surface area contributed by atoms with Gasteiger partial charge in [0.2, 0.25) is 0 Å². The van der Waals surface area contributed by atoms with E-state index in [1.807, 2.05) is 91.2 Å². The number of carbonyl (C=O) groups is 1. The number of nitriles is 1. The number of carbonyl (C=O) groups excluding carboxylic acids is 1. The van der Waals surface area contributed by atoms with Crippen molar-refractivity contribution in [3.8, 4) is 6.07 Å². The van der Waals surface area contributed by atoms with E-state index in [1.54, 1.807) is 6.07 Å². The lowest BCUT2D eigenvalue weighted by Gasteiger charge is -2.37. The maximum absolute atomic E-state index is 15.1. The average Bonchev–Trinajstić information content (AvgIpc) is 3.33. The van der Waals surface area contributed by atoms with Gasteiger partial charge in [0.25, 0.3) is 0 Å². The Bertz CT molecular complexity index is 1690. The van der Waals surface area contributed by atoms with E-state index in [1.165, 1.54) is 12.1 Å². The highest BCUT2D eigenvalue weighted by molar-refractivity contribution is 5.76. The number of rotatable bonds is 8. The van der Waals surface area contributed by atoms with Crippen LogP contribution in [0.3, 0.4) is 0 Å². The molecule has 7 heteroatoms. The molecule has 0 unspecified atom stereocenters. The van der Waals surface area contributed by atoms with Crippen molar-refractivity contribution in [3.63, 3.8) is 0 Å². The van der Waals surface area contributed by atoms with Crippen LogP contribution in [-0.4, -0.2) is 45.9 Å². The van der Waals surface area contributed by atoms with Crippen molar-refractivity contribution in [2.75, 3.05) is 0 Å². The smallest absolute Gasteiger partial charge is 0.321 e. The number of fused-ring (bicyclic) bond motifs is 1. The Hall–Kier alpha value is -4.51. The molecule has 2 saturated heterocycles. The van der Waals surface area contributed by atoms with Crippen LogP contribution in [0.25, 0.3) is 0 Å². The van der Waals surface area contributed by atoms with Crippen molar-refractivity contribution >= 4 is 6.03 Å². The Morgan fingerprint density at radius 1 is 0.733 bits per heavy atom. The van der Waals surface area contributed by atoms with Crippen LogP contribution in [0.15, 0.2) is 103 Å². The third kappa shape index (κ3) is 6.78. The summed E-state index contributed by atoms with van der Waals surface area (Å²) >= 11 is 0. The summed E-state index contributed by atoms with van der Waals surface area (Å²) in [6.45, 7) is 6.46. The number of ether oxygens (including phenoxy) is 2. The molecular weight excluding hydrogens is 565 g/mol. The maximum atomic E-state index is 15.1. The zero-order chi connectivity index (χ0) is 31.6. The molecular formula is C38H38FN3O3. The van der Waals surface area contributed by atoms with Gasteiger partial charge in [0.05, 0.1) is 17.6 Å². The van der Waals surface area contributed by atoms with Gasteiger partial charge in [-0.1, -0.05) is 96.6 Å². The summed E-state index contributed by atoms with van der Waals surface area (Å²) in [4.78, 5) is 18.8.